The lowest BCUT2D eigenvalue weighted by Gasteiger charge is -2.48. The maximum absolute atomic E-state index is 12.2. The van der Waals surface area contributed by atoms with Crippen molar-refractivity contribution in [3.63, 3.8) is 0 Å². The van der Waals surface area contributed by atoms with Gasteiger partial charge < -0.3 is 9.47 Å². The summed E-state index contributed by atoms with van der Waals surface area (Å²) in [6, 6.07) is 0. The van der Waals surface area contributed by atoms with E-state index in [2.05, 4.69) is 19.9 Å². The Bertz CT molecular complexity index is 682. The van der Waals surface area contributed by atoms with Crippen LogP contribution in [-0.4, -0.2) is 24.1 Å². The van der Waals surface area contributed by atoms with Crippen LogP contribution in [0.5, 0.6) is 0 Å². The van der Waals surface area contributed by atoms with E-state index in [1.165, 1.54) is 5.57 Å². The van der Waals surface area contributed by atoms with Gasteiger partial charge in [0.15, 0.2) is 0 Å². The molecule has 0 radical (unpaired) electrons. The zero-order chi connectivity index (χ0) is 17.6. The molecule has 4 atom stereocenters. The second kappa shape index (κ2) is 5.91. The van der Waals surface area contributed by atoms with Crippen molar-refractivity contribution >= 4 is 11.9 Å². The number of allylic oxidation sites excluding steroid dienone is 2. The first-order valence-electron chi connectivity index (χ1n) is 8.73. The molecule has 0 spiro atoms. The van der Waals surface area contributed by atoms with Crippen molar-refractivity contribution in [1.29, 1.82) is 0 Å². The molecule has 3 aliphatic rings. The molecule has 4 nitrogen and oxygen atoms in total. The molecule has 24 heavy (non-hydrogen) atoms. The standard InChI is InChI=1S/C20H26O4/c1-6-11(2)18(21)23-16-8-7-14-9-17-15(12(3)19(22)24-17)10-20(14,5)13(16)4/h6,9,13,16-17H,7-8,10H2,1-5H3/b11-6+/t13-,16-,17+,20+/m0/s1. The molecule has 1 saturated carbocycles. The van der Waals surface area contributed by atoms with E-state index >= 15 is 0 Å². The van der Waals surface area contributed by atoms with Crippen LogP contribution in [0.3, 0.4) is 0 Å². The Labute approximate surface area is 143 Å². The third-order valence-electron chi connectivity index (χ3n) is 6.28. The molecule has 1 fully saturated rings. The lowest BCUT2D eigenvalue weighted by molar-refractivity contribution is -0.151. The van der Waals surface area contributed by atoms with Gasteiger partial charge in [0, 0.05) is 17.1 Å². The molecule has 0 saturated heterocycles. The van der Waals surface area contributed by atoms with Gasteiger partial charge in [-0.2, -0.15) is 0 Å². The molecule has 3 rings (SSSR count). The van der Waals surface area contributed by atoms with Crippen LogP contribution in [0.25, 0.3) is 0 Å². The van der Waals surface area contributed by atoms with Gasteiger partial charge in [-0.05, 0) is 57.1 Å². The Morgan fingerprint density at radius 2 is 2.17 bits per heavy atom. The molecule has 0 aromatic rings. The maximum Gasteiger partial charge on any atom is 0.334 e. The number of hydrogen-bond acceptors (Lipinski definition) is 4. The van der Waals surface area contributed by atoms with Gasteiger partial charge in [0.05, 0.1) is 0 Å². The molecule has 1 heterocycles. The van der Waals surface area contributed by atoms with Crippen molar-refractivity contribution in [2.45, 2.75) is 66.1 Å². The molecule has 0 N–H and O–H groups in total. The summed E-state index contributed by atoms with van der Waals surface area (Å²) in [6.07, 6.45) is 6.14. The lowest BCUT2D eigenvalue weighted by Crippen LogP contribution is -2.45. The normalized spacial score (nSPS) is 35.9. The molecule has 0 aromatic carbocycles. The second-order valence-corrected chi connectivity index (χ2v) is 7.51. The Balaban J connectivity index is 1.86. The third kappa shape index (κ3) is 2.52. The fraction of sp³-hybridized carbons (Fsp3) is 0.600. The Morgan fingerprint density at radius 3 is 2.83 bits per heavy atom. The van der Waals surface area contributed by atoms with E-state index in [1.807, 2.05) is 13.8 Å². The minimum absolute atomic E-state index is 0.0892. The molecule has 2 aliphatic carbocycles. The predicted molar refractivity (Wildman–Crippen MR) is 91.1 cm³/mol. The van der Waals surface area contributed by atoms with Crippen molar-refractivity contribution < 1.29 is 19.1 Å². The van der Waals surface area contributed by atoms with Crippen LogP contribution < -0.4 is 0 Å². The average Bonchev–Trinajstić information content (AvgIpc) is 2.82. The fourth-order valence-corrected chi connectivity index (χ4v) is 4.16. The number of rotatable bonds is 2. The lowest BCUT2D eigenvalue weighted by atomic mass is 9.58. The maximum atomic E-state index is 12.2. The molecule has 4 heteroatoms. The Morgan fingerprint density at radius 1 is 1.46 bits per heavy atom. The molecule has 130 valence electrons. The number of carbonyl (C=O) groups excluding carboxylic acids is 2. The second-order valence-electron chi connectivity index (χ2n) is 7.51. The minimum atomic E-state index is -0.228. The van der Waals surface area contributed by atoms with Crippen LogP contribution in [0.2, 0.25) is 0 Å². The highest BCUT2D eigenvalue weighted by atomic mass is 16.6. The van der Waals surface area contributed by atoms with Gasteiger partial charge in [0.1, 0.15) is 12.2 Å². The van der Waals surface area contributed by atoms with E-state index in [0.29, 0.717) is 5.57 Å². The first-order chi connectivity index (χ1) is 11.3. The van der Waals surface area contributed by atoms with Gasteiger partial charge in [-0.3, -0.25) is 0 Å². The summed E-state index contributed by atoms with van der Waals surface area (Å²) in [5, 5.41) is 0. The summed E-state index contributed by atoms with van der Waals surface area (Å²) in [4.78, 5) is 24.0. The van der Waals surface area contributed by atoms with Gasteiger partial charge in [-0.25, -0.2) is 9.59 Å². The third-order valence-corrected chi connectivity index (χ3v) is 6.28. The van der Waals surface area contributed by atoms with E-state index in [9.17, 15) is 9.59 Å². The van der Waals surface area contributed by atoms with E-state index < -0.39 is 0 Å². The first kappa shape index (κ1) is 17.0. The van der Waals surface area contributed by atoms with E-state index in [1.54, 1.807) is 13.0 Å². The summed E-state index contributed by atoms with van der Waals surface area (Å²) in [5.41, 5.74) is 3.73. The Kier molecular flexibility index (Phi) is 4.18. The molecular formula is C20H26O4. The first-order valence-corrected chi connectivity index (χ1v) is 8.73. The van der Waals surface area contributed by atoms with Crippen LogP contribution in [0.1, 0.15) is 53.9 Å². The van der Waals surface area contributed by atoms with Gasteiger partial charge in [-0.15, -0.1) is 0 Å². The highest BCUT2D eigenvalue weighted by molar-refractivity contribution is 5.92. The summed E-state index contributed by atoms with van der Waals surface area (Å²) in [5.74, 6) is -0.231. The number of fused-ring (bicyclic) bond motifs is 2. The molecule has 1 aliphatic heterocycles. The monoisotopic (exact) mass is 330 g/mol. The molecule has 0 aromatic heterocycles. The van der Waals surface area contributed by atoms with Crippen LogP contribution in [-0.2, 0) is 19.1 Å². The highest BCUT2D eigenvalue weighted by Crippen LogP contribution is 2.54. The number of ether oxygens (including phenoxy) is 2. The van der Waals surface area contributed by atoms with Crippen molar-refractivity contribution in [1.82, 2.24) is 0 Å². The van der Waals surface area contributed by atoms with Gasteiger partial charge in [-0.1, -0.05) is 25.5 Å². The highest BCUT2D eigenvalue weighted by Gasteiger charge is 2.50. The summed E-state index contributed by atoms with van der Waals surface area (Å²) >= 11 is 0. The van der Waals surface area contributed by atoms with E-state index in [-0.39, 0.29) is 35.5 Å². The smallest absolute Gasteiger partial charge is 0.334 e. The molecule has 0 bridgehead atoms. The summed E-state index contributed by atoms with van der Waals surface area (Å²) < 4.78 is 11.2. The van der Waals surface area contributed by atoms with Crippen molar-refractivity contribution in [2.75, 3.05) is 0 Å². The predicted octanol–water partition coefficient (Wildman–Crippen LogP) is 3.87. The zero-order valence-electron chi connectivity index (χ0n) is 15.1. The summed E-state index contributed by atoms with van der Waals surface area (Å²) in [6.45, 7) is 9.86. The Hall–Kier alpha value is -1.84. The van der Waals surface area contributed by atoms with Crippen molar-refractivity contribution in [2.24, 2.45) is 11.3 Å². The number of carbonyl (C=O) groups is 2. The van der Waals surface area contributed by atoms with Crippen LogP contribution in [0.4, 0.5) is 0 Å². The minimum Gasteiger partial charge on any atom is -0.459 e. The summed E-state index contributed by atoms with van der Waals surface area (Å²) in [7, 11) is 0. The van der Waals surface area contributed by atoms with E-state index in [4.69, 9.17) is 9.47 Å². The largest absolute Gasteiger partial charge is 0.459 e. The van der Waals surface area contributed by atoms with Crippen LogP contribution in [0, 0.1) is 11.3 Å². The number of esters is 2. The fourth-order valence-electron chi connectivity index (χ4n) is 4.16. The number of hydrogen-bond donors (Lipinski definition) is 0. The van der Waals surface area contributed by atoms with Crippen molar-refractivity contribution in [3.8, 4) is 0 Å². The van der Waals surface area contributed by atoms with Gasteiger partial charge >= 0.3 is 11.9 Å². The van der Waals surface area contributed by atoms with Crippen LogP contribution >= 0.6 is 0 Å². The molecule has 0 unspecified atom stereocenters. The van der Waals surface area contributed by atoms with Gasteiger partial charge in [0.25, 0.3) is 0 Å². The average molecular weight is 330 g/mol. The van der Waals surface area contributed by atoms with Gasteiger partial charge in [0.2, 0.25) is 0 Å². The SMILES string of the molecule is C/C=C(\C)C(=O)O[C@H]1CCC2=C[C@H]3OC(=O)C(C)=C3C[C@]2(C)[C@H]1C. The molecule has 0 amide bonds. The van der Waals surface area contributed by atoms with E-state index in [0.717, 1.165) is 30.4 Å². The zero-order valence-corrected chi connectivity index (χ0v) is 15.1. The van der Waals surface area contributed by atoms with Crippen LogP contribution in [0.15, 0.2) is 34.4 Å². The van der Waals surface area contributed by atoms with Crippen molar-refractivity contribution in [3.05, 3.63) is 34.4 Å². The molecular weight excluding hydrogens is 304 g/mol. The quantitative estimate of drug-likeness (QED) is 0.438. The topological polar surface area (TPSA) is 52.6 Å².